The number of alkyl halides is 1. The molecule has 0 aromatic carbocycles. The Bertz CT molecular complexity index is 328. The summed E-state index contributed by atoms with van der Waals surface area (Å²) in [5, 5.41) is 4.18. The first-order valence-electron chi connectivity index (χ1n) is 7.48. The van der Waals surface area contributed by atoms with E-state index in [-0.39, 0.29) is 29.4 Å². The fourth-order valence-corrected chi connectivity index (χ4v) is 4.35. The molecule has 0 aromatic heterocycles. The summed E-state index contributed by atoms with van der Waals surface area (Å²) in [6.07, 6.45) is 5.24. The minimum Gasteiger partial charge on any atom is -0.374 e. The van der Waals surface area contributed by atoms with Gasteiger partial charge in [0.15, 0.2) is 0 Å². The average Bonchev–Trinajstić information content (AvgIpc) is 2.94. The van der Waals surface area contributed by atoms with E-state index in [1.54, 1.807) is 0 Å². The molecule has 4 unspecified atom stereocenters. The Hall–Kier alpha value is -0.0900. The molecule has 4 atom stereocenters. The molecule has 2 aliphatic rings. The first kappa shape index (κ1) is 15.3. The van der Waals surface area contributed by atoms with Crippen LogP contribution in [-0.2, 0) is 9.53 Å². The molecular weight excluding hydrogens is 306 g/mol. The first-order chi connectivity index (χ1) is 8.99. The lowest BCUT2D eigenvalue weighted by molar-refractivity contribution is -0.127. The Balaban J connectivity index is 1.91. The Labute approximate surface area is 125 Å². The van der Waals surface area contributed by atoms with Gasteiger partial charge in [-0.3, -0.25) is 4.79 Å². The molecule has 0 radical (unpaired) electrons. The monoisotopic (exact) mass is 331 g/mol. The van der Waals surface area contributed by atoms with Crippen molar-refractivity contribution in [1.82, 2.24) is 5.32 Å². The fraction of sp³-hybridized carbons (Fsp3) is 0.933. The molecule has 1 aliphatic carbocycles. The smallest absolute Gasteiger partial charge is 0.226 e. The lowest BCUT2D eigenvalue weighted by Gasteiger charge is -2.28. The predicted molar refractivity (Wildman–Crippen MR) is 80.4 cm³/mol. The molecule has 1 N–H and O–H groups in total. The molecule has 1 aliphatic heterocycles. The second kappa shape index (κ2) is 6.13. The van der Waals surface area contributed by atoms with Crippen molar-refractivity contribution in [3.63, 3.8) is 0 Å². The molecule has 0 bridgehead atoms. The summed E-state index contributed by atoms with van der Waals surface area (Å²) in [5.41, 5.74) is 0.285. The zero-order chi connectivity index (χ0) is 14.0. The molecule has 1 saturated carbocycles. The Kier molecular flexibility index (Phi) is 4.93. The summed E-state index contributed by atoms with van der Waals surface area (Å²) in [6.45, 7) is 7.00. The lowest BCUT2D eigenvalue weighted by atomic mass is 9.86. The Morgan fingerprint density at radius 2 is 1.89 bits per heavy atom. The maximum absolute atomic E-state index is 12.4. The topological polar surface area (TPSA) is 38.3 Å². The third-order valence-corrected chi connectivity index (χ3v) is 6.32. The number of hydrogen-bond acceptors (Lipinski definition) is 2. The molecule has 0 spiro atoms. The van der Waals surface area contributed by atoms with Crippen molar-refractivity contribution in [3.8, 4) is 0 Å². The van der Waals surface area contributed by atoms with Gasteiger partial charge in [0, 0.05) is 11.9 Å². The zero-order valence-corrected chi connectivity index (χ0v) is 13.8. The molecule has 0 aromatic rings. The lowest BCUT2D eigenvalue weighted by Crippen LogP contribution is -2.43. The highest BCUT2D eigenvalue weighted by atomic mass is 79.9. The first-order valence-corrected chi connectivity index (χ1v) is 8.60. The summed E-state index contributed by atoms with van der Waals surface area (Å²) < 4.78 is 5.76. The van der Waals surface area contributed by atoms with Crippen molar-refractivity contribution < 1.29 is 9.53 Å². The number of hydrogen-bond donors (Lipinski definition) is 1. The van der Waals surface area contributed by atoms with Crippen molar-refractivity contribution in [2.75, 3.05) is 11.9 Å². The van der Waals surface area contributed by atoms with Crippen LogP contribution in [0.25, 0.3) is 0 Å². The quantitative estimate of drug-likeness (QED) is 0.804. The van der Waals surface area contributed by atoms with Crippen LogP contribution in [0.15, 0.2) is 0 Å². The van der Waals surface area contributed by atoms with Crippen molar-refractivity contribution in [1.29, 1.82) is 0 Å². The van der Waals surface area contributed by atoms with Gasteiger partial charge in [-0.05, 0) is 38.0 Å². The normalized spacial score (nSPS) is 37.5. The molecule has 2 fully saturated rings. The van der Waals surface area contributed by atoms with Gasteiger partial charge in [-0.25, -0.2) is 0 Å². The van der Waals surface area contributed by atoms with Crippen LogP contribution < -0.4 is 5.32 Å². The standard InChI is InChI=1S/C15H26BrNO2/c1-10-11(2)19-12(3)13(10)14(18)17-9-15(8-16)6-4-5-7-15/h10-13H,4-9H2,1-3H3,(H,17,18). The molecule has 1 heterocycles. The summed E-state index contributed by atoms with van der Waals surface area (Å²) in [4.78, 5) is 12.4. The number of rotatable bonds is 4. The SMILES string of the molecule is CC1OC(C)C(C(=O)NCC2(CBr)CCCC2)C1C. The van der Waals surface area contributed by atoms with E-state index in [2.05, 4.69) is 35.1 Å². The molecule has 1 amide bonds. The molecular formula is C15H26BrNO2. The second-order valence-electron chi connectivity index (χ2n) is 6.49. The summed E-state index contributed by atoms with van der Waals surface area (Å²) in [7, 11) is 0. The highest BCUT2D eigenvalue weighted by Crippen LogP contribution is 2.39. The number of amides is 1. The molecule has 2 rings (SSSR count). The summed E-state index contributed by atoms with van der Waals surface area (Å²) >= 11 is 3.62. The van der Waals surface area contributed by atoms with Gasteiger partial charge >= 0.3 is 0 Å². The predicted octanol–water partition coefficient (Wildman–Crippen LogP) is 3.12. The number of carbonyl (C=O) groups excluding carboxylic acids is 1. The number of halogens is 1. The second-order valence-corrected chi connectivity index (χ2v) is 7.05. The van der Waals surface area contributed by atoms with Crippen LogP contribution in [0.2, 0.25) is 0 Å². The molecule has 3 nitrogen and oxygen atoms in total. The van der Waals surface area contributed by atoms with Gasteiger partial charge in [0.05, 0.1) is 18.1 Å². The highest BCUT2D eigenvalue weighted by molar-refractivity contribution is 9.09. The maximum atomic E-state index is 12.4. The van der Waals surface area contributed by atoms with Crippen molar-refractivity contribution in [2.24, 2.45) is 17.3 Å². The molecule has 1 saturated heterocycles. The van der Waals surface area contributed by atoms with Crippen LogP contribution in [0.4, 0.5) is 0 Å². The van der Waals surface area contributed by atoms with Gasteiger partial charge in [-0.15, -0.1) is 0 Å². The molecule has 4 heteroatoms. The van der Waals surface area contributed by atoms with Crippen LogP contribution in [-0.4, -0.2) is 30.0 Å². The van der Waals surface area contributed by atoms with Crippen molar-refractivity contribution >= 4 is 21.8 Å². The average molecular weight is 332 g/mol. The number of ether oxygens (including phenoxy) is 1. The van der Waals surface area contributed by atoms with Crippen LogP contribution in [0.1, 0.15) is 46.5 Å². The van der Waals surface area contributed by atoms with Gasteiger partial charge in [0.1, 0.15) is 0 Å². The minimum atomic E-state index is 0.00350. The van der Waals surface area contributed by atoms with E-state index in [0.717, 1.165) is 11.9 Å². The molecule has 19 heavy (non-hydrogen) atoms. The van der Waals surface area contributed by atoms with Gasteiger partial charge in [0.25, 0.3) is 0 Å². The van der Waals surface area contributed by atoms with Gasteiger partial charge in [-0.2, -0.15) is 0 Å². The Morgan fingerprint density at radius 1 is 1.26 bits per heavy atom. The largest absolute Gasteiger partial charge is 0.374 e. The molecule has 110 valence electrons. The van der Waals surface area contributed by atoms with E-state index in [9.17, 15) is 4.79 Å². The van der Waals surface area contributed by atoms with Crippen LogP contribution in [0, 0.1) is 17.3 Å². The highest BCUT2D eigenvalue weighted by Gasteiger charge is 2.42. The van der Waals surface area contributed by atoms with Gasteiger partial charge < -0.3 is 10.1 Å². The van der Waals surface area contributed by atoms with E-state index in [0.29, 0.717) is 5.92 Å². The number of nitrogens with one attached hydrogen (secondary N) is 1. The fourth-order valence-electron chi connectivity index (χ4n) is 3.59. The van der Waals surface area contributed by atoms with Crippen LogP contribution in [0.5, 0.6) is 0 Å². The van der Waals surface area contributed by atoms with Crippen molar-refractivity contribution in [3.05, 3.63) is 0 Å². The van der Waals surface area contributed by atoms with E-state index in [4.69, 9.17) is 4.74 Å². The maximum Gasteiger partial charge on any atom is 0.226 e. The summed E-state index contributed by atoms with van der Waals surface area (Å²) in [5.74, 6) is 0.485. The third kappa shape index (κ3) is 3.15. The minimum absolute atomic E-state index is 0.00350. The van der Waals surface area contributed by atoms with E-state index in [1.165, 1.54) is 25.7 Å². The number of carbonyl (C=O) groups is 1. The van der Waals surface area contributed by atoms with Crippen LogP contribution >= 0.6 is 15.9 Å². The van der Waals surface area contributed by atoms with E-state index in [1.807, 2.05) is 6.92 Å². The van der Waals surface area contributed by atoms with Gasteiger partial charge in [-0.1, -0.05) is 35.7 Å². The van der Waals surface area contributed by atoms with Gasteiger partial charge in [0.2, 0.25) is 5.91 Å². The zero-order valence-electron chi connectivity index (χ0n) is 12.2. The Morgan fingerprint density at radius 3 is 2.37 bits per heavy atom. The van der Waals surface area contributed by atoms with E-state index < -0.39 is 0 Å². The third-order valence-electron chi connectivity index (χ3n) is 5.13. The van der Waals surface area contributed by atoms with Crippen LogP contribution in [0.3, 0.4) is 0 Å². The summed E-state index contributed by atoms with van der Waals surface area (Å²) in [6, 6.07) is 0. The van der Waals surface area contributed by atoms with E-state index >= 15 is 0 Å². The van der Waals surface area contributed by atoms with Crippen molar-refractivity contribution in [2.45, 2.75) is 58.7 Å².